The molecule has 3 rings (SSSR count). The maximum absolute atomic E-state index is 12.3. The average Bonchev–Trinajstić information content (AvgIpc) is 2.83. The Morgan fingerprint density at radius 2 is 1.95 bits per heavy atom. The van der Waals surface area contributed by atoms with E-state index in [0.717, 1.165) is 21.3 Å². The van der Waals surface area contributed by atoms with E-state index >= 15 is 0 Å². The minimum Gasteiger partial charge on any atom is -0.298 e. The highest BCUT2D eigenvalue weighted by molar-refractivity contribution is 7.22. The number of carbonyl (C=O) groups excluding carboxylic acids is 1. The number of aromatic nitrogens is 1. The lowest BCUT2D eigenvalue weighted by Gasteiger charge is -2.06. The van der Waals surface area contributed by atoms with Crippen molar-refractivity contribution in [2.45, 2.75) is 13.8 Å². The Morgan fingerprint density at radius 1 is 1.15 bits per heavy atom. The lowest BCUT2D eigenvalue weighted by molar-refractivity contribution is 0.102. The zero-order valence-corrected chi connectivity index (χ0v) is 12.1. The van der Waals surface area contributed by atoms with Crippen molar-refractivity contribution < 1.29 is 4.79 Å². The predicted octanol–water partition coefficient (Wildman–Crippen LogP) is 4.17. The summed E-state index contributed by atoms with van der Waals surface area (Å²) in [4.78, 5) is 16.7. The highest BCUT2D eigenvalue weighted by atomic mass is 32.1. The van der Waals surface area contributed by atoms with Gasteiger partial charge in [0.25, 0.3) is 5.91 Å². The third-order valence-electron chi connectivity index (χ3n) is 3.15. The normalized spacial score (nSPS) is 10.7. The van der Waals surface area contributed by atoms with E-state index in [-0.39, 0.29) is 5.91 Å². The second-order valence-electron chi connectivity index (χ2n) is 4.76. The summed E-state index contributed by atoms with van der Waals surface area (Å²) in [5.41, 5.74) is 3.65. The number of thiazole rings is 1. The smallest absolute Gasteiger partial charge is 0.257 e. The topological polar surface area (TPSA) is 42.0 Å². The van der Waals surface area contributed by atoms with E-state index in [4.69, 9.17) is 0 Å². The molecule has 2 aromatic carbocycles. The monoisotopic (exact) mass is 282 g/mol. The first-order chi connectivity index (χ1) is 9.63. The van der Waals surface area contributed by atoms with Crippen molar-refractivity contribution in [3.8, 4) is 0 Å². The van der Waals surface area contributed by atoms with Gasteiger partial charge >= 0.3 is 0 Å². The number of hydrogen-bond donors (Lipinski definition) is 1. The van der Waals surface area contributed by atoms with Crippen LogP contribution in [0, 0.1) is 13.8 Å². The maximum Gasteiger partial charge on any atom is 0.257 e. The highest BCUT2D eigenvalue weighted by Gasteiger charge is 2.12. The van der Waals surface area contributed by atoms with E-state index in [2.05, 4.69) is 10.3 Å². The lowest BCUT2D eigenvalue weighted by atomic mass is 10.1. The molecule has 0 radical (unpaired) electrons. The molecule has 20 heavy (non-hydrogen) atoms. The number of benzene rings is 2. The number of carbonyl (C=O) groups is 1. The fraction of sp³-hybridized carbons (Fsp3) is 0.125. The van der Waals surface area contributed by atoms with Gasteiger partial charge in [-0.15, -0.1) is 0 Å². The molecule has 0 aliphatic rings. The third-order valence-corrected chi connectivity index (χ3v) is 4.10. The minimum absolute atomic E-state index is 0.106. The number of hydrogen-bond acceptors (Lipinski definition) is 3. The van der Waals surface area contributed by atoms with Gasteiger partial charge in [-0.3, -0.25) is 10.1 Å². The fourth-order valence-corrected chi connectivity index (χ4v) is 2.93. The Kier molecular flexibility index (Phi) is 3.24. The van der Waals surface area contributed by atoms with Gasteiger partial charge in [-0.05, 0) is 37.6 Å². The van der Waals surface area contributed by atoms with Crippen LogP contribution in [0.5, 0.6) is 0 Å². The van der Waals surface area contributed by atoms with Crippen molar-refractivity contribution >= 4 is 32.6 Å². The van der Waals surface area contributed by atoms with Gasteiger partial charge in [-0.2, -0.15) is 0 Å². The molecule has 4 heteroatoms. The number of anilines is 1. The maximum atomic E-state index is 12.3. The van der Waals surface area contributed by atoms with Crippen LogP contribution >= 0.6 is 11.3 Å². The van der Waals surface area contributed by atoms with Gasteiger partial charge in [0.1, 0.15) is 0 Å². The van der Waals surface area contributed by atoms with Crippen LogP contribution in [0.1, 0.15) is 21.5 Å². The van der Waals surface area contributed by atoms with E-state index in [1.807, 2.05) is 56.3 Å². The molecule has 0 bridgehead atoms. The molecule has 0 unspecified atom stereocenters. The summed E-state index contributed by atoms with van der Waals surface area (Å²) < 4.78 is 1.07. The number of fused-ring (bicyclic) bond motifs is 1. The first-order valence-electron chi connectivity index (χ1n) is 6.37. The summed E-state index contributed by atoms with van der Waals surface area (Å²) in [5.74, 6) is -0.106. The molecule has 1 N–H and O–H groups in total. The van der Waals surface area contributed by atoms with Crippen molar-refractivity contribution in [1.82, 2.24) is 4.98 Å². The van der Waals surface area contributed by atoms with Crippen molar-refractivity contribution in [3.05, 3.63) is 59.2 Å². The molecule has 0 aliphatic carbocycles. The van der Waals surface area contributed by atoms with E-state index in [9.17, 15) is 4.79 Å². The Labute approximate surface area is 121 Å². The molecule has 3 aromatic rings. The number of nitrogens with one attached hydrogen (secondary N) is 1. The molecule has 0 atom stereocenters. The summed E-state index contributed by atoms with van der Waals surface area (Å²) in [6, 6.07) is 13.7. The number of para-hydroxylation sites is 1. The van der Waals surface area contributed by atoms with Gasteiger partial charge in [-0.25, -0.2) is 4.98 Å². The fourth-order valence-electron chi connectivity index (χ4n) is 2.07. The van der Waals surface area contributed by atoms with Crippen molar-refractivity contribution in [2.24, 2.45) is 0 Å². The molecular weight excluding hydrogens is 268 g/mol. The third kappa shape index (κ3) is 2.42. The quantitative estimate of drug-likeness (QED) is 0.766. The van der Waals surface area contributed by atoms with Crippen LogP contribution in [0.15, 0.2) is 42.5 Å². The lowest BCUT2D eigenvalue weighted by Crippen LogP contribution is -2.13. The summed E-state index contributed by atoms with van der Waals surface area (Å²) in [6.07, 6.45) is 0. The predicted molar refractivity (Wildman–Crippen MR) is 83.5 cm³/mol. The number of rotatable bonds is 2. The molecule has 0 saturated heterocycles. The summed E-state index contributed by atoms with van der Waals surface area (Å²) in [5, 5.41) is 3.52. The molecule has 0 spiro atoms. The summed E-state index contributed by atoms with van der Waals surface area (Å²) in [7, 11) is 0. The van der Waals surface area contributed by atoms with Gasteiger partial charge in [0.05, 0.1) is 10.2 Å². The van der Waals surface area contributed by atoms with Crippen LogP contribution in [-0.4, -0.2) is 10.9 Å². The second-order valence-corrected chi connectivity index (χ2v) is 5.79. The van der Waals surface area contributed by atoms with E-state index in [1.165, 1.54) is 11.3 Å². The number of amides is 1. The second kappa shape index (κ2) is 5.06. The summed E-state index contributed by atoms with van der Waals surface area (Å²) in [6.45, 7) is 3.92. The van der Waals surface area contributed by atoms with Crippen molar-refractivity contribution in [3.63, 3.8) is 0 Å². The molecule has 1 aromatic heterocycles. The van der Waals surface area contributed by atoms with E-state index in [0.29, 0.717) is 10.7 Å². The van der Waals surface area contributed by atoms with Gasteiger partial charge in [0, 0.05) is 5.56 Å². The molecular formula is C16H14N2OS. The Bertz CT molecular complexity index is 759. The largest absolute Gasteiger partial charge is 0.298 e. The Balaban J connectivity index is 1.90. The molecule has 1 amide bonds. The Hall–Kier alpha value is -2.20. The number of nitrogens with zero attached hydrogens (tertiary/aromatic N) is 1. The molecule has 0 saturated carbocycles. The van der Waals surface area contributed by atoms with Crippen molar-refractivity contribution in [1.29, 1.82) is 0 Å². The molecule has 100 valence electrons. The molecule has 1 heterocycles. The number of aryl methyl sites for hydroxylation is 2. The zero-order chi connectivity index (χ0) is 14.1. The van der Waals surface area contributed by atoms with Crippen LogP contribution < -0.4 is 5.32 Å². The van der Waals surface area contributed by atoms with Crippen LogP contribution in [0.25, 0.3) is 10.2 Å². The van der Waals surface area contributed by atoms with E-state index < -0.39 is 0 Å². The minimum atomic E-state index is -0.106. The average molecular weight is 282 g/mol. The zero-order valence-electron chi connectivity index (χ0n) is 11.3. The van der Waals surface area contributed by atoms with Crippen molar-refractivity contribution in [2.75, 3.05) is 5.32 Å². The first kappa shape index (κ1) is 12.8. The van der Waals surface area contributed by atoms with Gasteiger partial charge in [0.15, 0.2) is 5.13 Å². The molecule has 0 aliphatic heterocycles. The van der Waals surface area contributed by atoms with Crippen LogP contribution in [0.2, 0.25) is 0 Å². The van der Waals surface area contributed by atoms with Gasteiger partial charge < -0.3 is 0 Å². The van der Waals surface area contributed by atoms with Gasteiger partial charge in [-0.1, -0.05) is 41.2 Å². The summed E-state index contributed by atoms with van der Waals surface area (Å²) >= 11 is 1.49. The van der Waals surface area contributed by atoms with E-state index in [1.54, 1.807) is 0 Å². The molecule has 3 nitrogen and oxygen atoms in total. The van der Waals surface area contributed by atoms with Crippen LogP contribution in [0.4, 0.5) is 5.13 Å². The highest BCUT2D eigenvalue weighted by Crippen LogP contribution is 2.26. The SMILES string of the molecule is Cc1ccc(C)c(C(=O)Nc2nc3ccccc3s2)c1. The Morgan fingerprint density at radius 3 is 2.75 bits per heavy atom. The van der Waals surface area contributed by atoms with Gasteiger partial charge in [0.2, 0.25) is 0 Å². The first-order valence-corrected chi connectivity index (χ1v) is 7.19. The van der Waals surface area contributed by atoms with Crippen LogP contribution in [-0.2, 0) is 0 Å². The van der Waals surface area contributed by atoms with Crippen LogP contribution in [0.3, 0.4) is 0 Å². The standard InChI is InChI=1S/C16H14N2OS/c1-10-7-8-11(2)12(9-10)15(19)18-16-17-13-5-3-4-6-14(13)20-16/h3-9H,1-2H3,(H,17,18,19). The molecule has 0 fully saturated rings.